The van der Waals surface area contributed by atoms with Crippen LogP contribution in [0.3, 0.4) is 0 Å². The van der Waals surface area contributed by atoms with Crippen LogP contribution < -0.4 is 15.7 Å². The average Bonchev–Trinajstić information content (AvgIpc) is 2.85. The zero-order valence-corrected chi connectivity index (χ0v) is 20.0. The molecule has 34 heavy (non-hydrogen) atoms. The normalized spacial score (nSPS) is 10.7. The topological polar surface area (TPSA) is 103 Å². The van der Waals surface area contributed by atoms with Crippen molar-refractivity contribution in [1.82, 2.24) is 9.97 Å². The summed E-state index contributed by atoms with van der Waals surface area (Å²) in [4.78, 5) is 19.3. The van der Waals surface area contributed by atoms with Crippen molar-refractivity contribution in [2.45, 2.75) is 6.61 Å². The number of nitrogens with one attached hydrogen (secondary N) is 2. The molecule has 0 spiro atoms. The largest absolute Gasteiger partial charge is 0.488 e. The number of aromatic nitrogens is 2. The van der Waals surface area contributed by atoms with E-state index in [1.807, 2.05) is 66.7 Å². The molecule has 0 aliphatic heterocycles. The molecule has 1 heterocycles. The number of benzene rings is 3. The molecule has 9 heteroatoms. The standard InChI is InChI=1S/C25H17BrClN5O2/c26-19-8-11-22(34-15-16-6-9-20(27)10-7-16)18(12-19)14-29-32-25-30-23(17-4-2-1-3-5-17)21(13-28)24(33)31-25/h1-12,14H,15H2,(H2,30,31,32,33). The van der Waals surface area contributed by atoms with E-state index in [-0.39, 0.29) is 17.2 Å². The maximum absolute atomic E-state index is 12.4. The van der Waals surface area contributed by atoms with Crippen molar-refractivity contribution in [1.29, 1.82) is 5.26 Å². The minimum absolute atomic E-state index is 0.0643. The Morgan fingerprint density at radius 1 is 1.15 bits per heavy atom. The van der Waals surface area contributed by atoms with E-state index in [0.717, 1.165) is 10.0 Å². The second kappa shape index (κ2) is 10.8. The minimum atomic E-state index is -0.552. The second-order valence-corrected chi connectivity index (χ2v) is 8.44. The van der Waals surface area contributed by atoms with E-state index in [9.17, 15) is 10.1 Å². The molecular formula is C25H17BrClN5O2. The van der Waals surface area contributed by atoms with E-state index in [0.29, 0.717) is 28.5 Å². The van der Waals surface area contributed by atoms with E-state index in [1.54, 1.807) is 18.3 Å². The lowest BCUT2D eigenvalue weighted by molar-refractivity contribution is 0.306. The van der Waals surface area contributed by atoms with Gasteiger partial charge in [0.15, 0.2) is 0 Å². The SMILES string of the molecule is N#Cc1c(-c2ccccc2)nc(NN=Cc2cc(Br)ccc2OCc2ccc(Cl)cc2)[nH]c1=O. The van der Waals surface area contributed by atoms with Gasteiger partial charge in [-0.15, -0.1) is 0 Å². The highest BCUT2D eigenvalue weighted by atomic mass is 79.9. The number of H-pyrrole nitrogens is 1. The summed E-state index contributed by atoms with van der Waals surface area (Å²) in [6.45, 7) is 0.359. The zero-order valence-electron chi connectivity index (χ0n) is 17.6. The molecule has 0 bridgehead atoms. The lowest BCUT2D eigenvalue weighted by atomic mass is 10.1. The molecule has 1 aromatic heterocycles. The Morgan fingerprint density at radius 3 is 2.65 bits per heavy atom. The summed E-state index contributed by atoms with van der Waals surface area (Å²) in [5.74, 6) is 0.729. The maximum Gasteiger partial charge on any atom is 0.270 e. The third-order valence-corrected chi connectivity index (χ3v) is 5.48. The molecule has 0 radical (unpaired) electrons. The Labute approximate surface area is 208 Å². The summed E-state index contributed by atoms with van der Waals surface area (Å²) in [7, 11) is 0. The smallest absolute Gasteiger partial charge is 0.270 e. The van der Waals surface area contributed by atoms with E-state index in [1.165, 1.54) is 0 Å². The molecule has 0 unspecified atom stereocenters. The highest BCUT2D eigenvalue weighted by molar-refractivity contribution is 9.10. The van der Waals surface area contributed by atoms with E-state index in [4.69, 9.17) is 16.3 Å². The van der Waals surface area contributed by atoms with Gasteiger partial charge in [0.25, 0.3) is 5.56 Å². The van der Waals surface area contributed by atoms with Gasteiger partial charge in [0.05, 0.1) is 11.9 Å². The number of nitrogens with zero attached hydrogens (tertiary/aromatic N) is 3. The second-order valence-electron chi connectivity index (χ2n) is 7.08. The lowest BCUT2D eigenvalue weighted by Gasteiger charge is -2.10. The number of anilines is 1. The molecule has 0 saturated heterocycles. The van der Waals surface area contributed by atoms with Crippen LogP contribution in [-0.4, -0.2) is 16.2 Å². The van der Waals surface area contributed by atoms with Crippen LogP contribution in [0.5, 0.6) is 5.75 Å². The van der Waals surface area contributed by atoms with Gasteiger partial charge in [-0.1, -0.05) is 70.0 Å². The van der Waals surface area contributed by atoms with Gasteiger partial charge >= 0.3 is 0 Å². The molecular weight excluding hydrogens is 518 g/mol. The van der Waals surface area contributed by atoms with Crippen molar-refractivity contribution in [2.24, 2.45) is 5.10 Å². The fraction of sp³-hybridized carbons (Fsp3) is 0.0400. The molecule has 7 nitrogen and oxygen atoms in total. The number of hydrogen-bond donors (Lipinski definition) is 2. The van der Waals surface area contributed by atoms with Gasteiger partial charge in [-0.05, 0) is 35.9 Å². The third kappa shape index (κ3) is 5.70. The Morgan fingerprint density at radius 2 is 1.91 bits per heavy atom. The lowest BCUT2D eigenvalue weighted by Crippen LogP contribution is -2.16. The first-order chi connectivity index (χ1) is 16.5. The van der Waals surface area contributed by atoms with Crippen LogP contribution in [0.2, 0.25) is 5.02 Å². The summed E-state index contributed by atoms with van der Waals surface area (Å²) < 4.78 is 6.81. The number of nitriles is 1. The van der Waals surface area contributed by atoms with Crippen molar-refractivity contribution in [3.8, 4) is 23.1 Å². The minimum Gasteiger partial charge on any atom is -0.488 e. The van der Waals surface area contributed by atoms with Gasteiger partial charge in [0, 0.05) is 20.6 Å². The summed E-state index contributed by atoms with van der Waals surface area (Å²) in [5, 5.41) is 14.3. The van der Waals surface area contributed by atoms with Gasteiger partial charge in [-0.3, -0.25) is 9.78 Å². The molecule has 0 aliphatic carbocycles. The van der Waals surface area contributed by atoms with Gasteiger partial charge in [0.1, 0.15) is 24.0 Å². The van der Waals surface area contributed by atoms with Crippen molar-refractivity contribution in [3.05, 3.63) is 109 Å². The van der Waals surface area contributed by atoms with Crippen molar-refractivity contribution in [2.75, 3.05) is 5.43 Å². The van der Waals surface area contributed by atoms with Crippen molar-refractivity contribution >= 4 is 39.7 Å². The number of ether oxygens (including phenoxy) is 1. The van der Waals surface area contributed by atoms with Crippen LogP contribution >= 0.6 is 27.5 Å². The molecule has 4 rings (SSSR count). The Bertz CT molecular complexity index is 1430. The molecule has 0 fully saturated rings. The number of hydrazone groups is 1. The molecule has 0 saturated carbocycles. The monoisotopic (exact) mass is 533 g/mol. The predicted molar refractivity (Wildman–Crippen MR) is 136 cm³/mol. The van der Waals surface area contributed by atoms with Gasteiger partial charge in [-0.25, -0.2) is 10.4 Å². The molecule has 4 aromatic rings. The molecule has 0 aliphatic rings. The Kier molecular flexibility index (Phi) is 7.38. The summed E-state index contributed by atoms with van der Waals surface area (Å²) >= 11 is 9.39. The highest BCUT2D eigenvalue weighted by Gasteiger charge is 2.13. The van der Waals surface area contributed by atoms with Crippen molar-refractivity contribution < 1.29 is 4.74 Å². The van der Waals surface area contributed by atoms with Crippen LogP contribution in [0.4, 0.5) is 5.95 Å². The van der Waals surface area contributed by atoms with Crippen LogP contribution in [0, 0.1) is 11.3 Å². The van der Waals surface area contributed by atoms with Crippen LogP contribution in [-0.2, 0) is 6.61 Å². The first-order valence-electron chi connectivity index (χ1n) is 10.1. The maximum atomic E-state index is 12.4. The van der Waals surface area contributed by atoms with Crippen molar-refractivity contribution in [3.63, 3.8) is 0 Å². The number of halogens is 2. The van der Waals surface area contributed by atoms with Gasteiger partial charge in [-0.2, -0.15) is 10.4 Å². The van der Waals surface area contributed by atoms with Crippen LogP contribution in [0.15, 0.2) is 87.2 Å². The average molecular weight is 535 g/mol. The fourth-order valence-electron chi connectivity index (χ4n) is 3.09. The predicted octanol–water partition coefficient (Wildman–Crippen LogP) is 5.75. The molecule has 168 valence electrons. The van der Waals surface area contributed by atoms with E-state index >= 15 is 0 Å². The Hall–Kier alpha value is -3.93. The third-order valence-electron chi connectivity index (χ3n) is 4.73. The van der Waals surface area contributed by atoms with E-state index < -0.39 is 5.56 Å². The van der Waals surface area contributed by atoms with E-state index in [2.05, 4.69) is 36.4 Å². The van der Waals surface area contributed by atoms with Crippen LogP contribution in [0.1, 0.15) is 16.7 Å². The zero-order chi connectivity index (χ0) is 23.9. The molecule has 0 amide bonds. The van der Waals surface area contributed by atoms with Gasteiger partial charge in [0.2, 0.25) is 5.95 Å². The van der Waals surface area contributed by atoms with Crippen LogP contribution in [0.25, 0.3) is 11.3 Å². The summed E-state index contributed by atoms with van der Waals surface area (Å²) in [6, 6.07) is 23.9. The summed E-state index contributed by atoms with van der Waals surface area (Å²) in [6.07, 6.45) is 1.56. The number of hydrogen-bond acceptors (Lipinski definition) is 6. The van der Waals surface area contributed by atoms with Gasteiger partial charge < -0.3 is 4.74 Å². The highest BCUT2D eigenvalue weighted by Crippen LogP contribution is 2.24. The molecule has 0 atom stereocenters. The first-order valence-corrected chi connectivity index (χ1v) is 11.3. The molecule has 2 N–H and O–H groups in total. The summed E-state index contributed by atoms with van der Waals surface area (Å²) in [5.41, 5.74) is 4.72. The molecule has 3 aromatic carbocycles. The Balaban J connectivity index is 1.55. The first kappa shape index (κ1) is 23.2. The quantitative estimate of drug-likeness (QED) is 0.232. The number of aromatic amines is 1. The number of rotatable bonds is 7. The fourth-order valence-corrected chi connectivity index (χ4v) is 3.60.